The molecular weight excluding hydrogens is 412 g/mol. The van der Waals surface area contributed by atoms with Gasteiger partial charge >= 0.3 is 5.91 Å². The minimum atomic E-state index is -0.881. The lowest BCUT2D eigenvalue weighted by molar-refractivity contribution is -0.132. The van der Waals surface area contributed by atoms with E-state index in [4.69, 9.17) is 14.0 Å². The number of amides is 1. The minimum absolute atomic E-state index is 0.0493. The van der Waals surface area contributed by atoms with Crippen LogP contribution in [0.3, 0.4) is 0 Å². The highest BCUT2D eigenvalue weighted by molar-refractivity contribution is 6.51. The molecule has 0 radical (unpaired) electrons. The third-order valence-corrected chi connectivity index (χ3v) is 5.36. The third-order valence-electron chi connectivity index (χ3n) is 5.36. The zero-order valence-electron chi connectivity index (χ0n) is 18.1. The van der Waals surface area contributed by atoms with Gasteiger partial charge in [0.25, 0.3) is 5.78 Å². The van der Waals surface area contributed by atoms with Gasteiger partial charge in [0.1, 0.15) is 11.5 Å². The summed E-state index contributed by atoms with van der Waals surface area (Å²) in [5.74, 6) is -0.402. The summed E-state index contributed by atoms with van der Waals surface area (Å²) in [7, 11) is 2.97. The fourth-order valence-corrected chi connectivity index (χ4v) is 3.74. The van der Waals surface area contributed by atoms with Crippen molar-refractivity contribution >= 4 is 23.3 Å². The number of carbonyl (C=O) groups excluding carboxylic acids is 2. The number of methoxy groups -OCH3 is 2. The summed E-state index contributed by atoms with van der Waals surface area (Å²) in [6, 6.07) is 12.8. The number of ketones is 1. The molecule has 0 aliphatic carbocycles. The van der Waals surface area contributed by atoms with Crippen LogP contribution in [0.25, 0.3) is 5.76 Å². The maximum absolute atomic E-state index is 13.1. The number of Topliss-reactive ketones (excluding diaryl/α,β-unsaturated/α-hetero) is 1. The van der Waals surface area contributed by atoms with Crippen LogP contribution < -0.4 is 14.4 Å². The lowest BCUT2D eigenvalue weighted by Crippen LogP contribution is -2.29. The molecule has 1 saturated heterocycles. The first-order valence-corrected chi connectivity index (χ1v) is 9.89. The monoisotopic (exact) mass is 434 g/mol. The Morgan fingerprint density at radius 2 is 1.69 bits per heavy atom. The number of ether oxygens (including phenoxy) is 2. The van der Waals surface area contributed by atoms with E-state index in [1.807, 2.05) is 31.2 Å². The normalized spacial score (nSPS) is 17.6. The number of hydrogen-bond donors (Lipinski definition) is 1. The highest BCUT2D eigenvalue weighted by Crippen LogP contribution is 2.42. The lowest BCUT2D eigenvalue weighted by Gasteiger charge is -2.23. The number of aliphatic hydroxyl groups excluding tert-OH is 1. The van der Waals surface area contributed by atoms with Crippen LogP contribution in [-0.4, -0.2) is 36.2 Å². The number of anilines is 1. The van der Waals surface area contributed by atoms with Crippen molar-refractivity contribution in [2.24, 2.45) is 0 Å². The van der Waals surface area contributed by atoms with Crippen molar-refractivity contribution in [1.82, 2.24) is 5.16 Å². The molecule has 3 aromatic rings. The Balaban J connectivity index is 1.93. The zero-order chi connectivity index (χ0) is 23.0. The number of rotatable bonds is 5. The van der Waals surface area contributed by atoms with Crippen LogP contribution in [0.4, 0.5) is 5.82 Å². The van der Waals surface area contributed by atoms with Crippen molar-refractivity contribution in [3.8, 4) is 11.5 Å². The second-order valence-electron chi connectivity index (χ2n) is 7.45. The first-order valence-electron chi connectivity index (χ1n) is 9.89. The van der Waals surface area contributed by atoms with Crippen LogP contribution in [-0.2, 0) is 9.59 Å². The van der Waals surface area contributed by atoms with Gasteiger partial charge in [-0.25, -0.2) is 0 Å². The van der Waals surface area contributed by atoms with Crippen molar-refractivity contribution in [3.05, 3.63) is 76.6 Å². The summed E-state index contributed by atoms with van der Waals surface area (Å²) in [6.45, 7) is 3.63. The Bertz CT molecular complexity index is 1230. The highest BCUT2D eigenvalue weighted by atomic mass is 16.5. The molecule has 164 valence electrons. The van der Waals surface area contributed by atoms with Crippen LogP contribution in [0.1, 0.15) is 28.5 Å². The van der Waals surface area contributed by atoms with E-state index in [-0.39, 0.29) is 17.2 Å². The summed E-state index contributed by atoms with van der Waals surface area (Å²) in [5, 5.41) is 15.1. The summed E-state index contributed by atoms with van der Waals surface area (Å²) in [4.78, 5) is 27.4. The third kappa shape index (κ3) is 3.49. The molecule has 1 N–H and O–H groups in total. The van der Waals surface area contributed by atoms with E-state index in [2.05, 4.69) is 5.16 Å². The lowest BCUT2D eigenvalue weighted by atomic mass is 9.94. The van der Waals surface area contributed by atoms with E-state index >= 15 is 0 Å². The van der Waals surface area contributed by atoms with Gasteiger partial charge in [0.05, 0.1) is 25.8 Å². The molecule has 0 unspecified atom stereocenters. The van der Waals surface area contributed by atoms with E-state index < -0.39 is 17.7 Å². The number of nitrogens with zero attached hydrogens (tertiary/aromatic N) is 2. The van der Waals surface area contributed by atoms with Gasteiger partial charge in [-0.3, -0.25) is 14.5 Å². The Labute approximate surface area is 184 Å². The molecular formula is C24H22N2O6. The Morgan fingerprint density at radius 1 is 1.00 bits per heavy atom. The standard InChI is InChI=1S/C24H22N2O6/c1-13-5-7-15(8-6-13)21-20(22(27)16-9-10-17(30-3)18(12-16)31-4)23(28)24(29)26(21)19-11-14(2)32-25-19/h5-12,21,27H,1-4H3/b22-20+/t21-/m0/s1. The van der Waals surface area contributed by atoms with Gasteiger partial charge in [-0.15, -0.1) is 0 Å². The molecule has 1 aliphatic rings. The van der Waals surface area contributed by atoms with E-state index in [1.165, 1.54) is 19.1 Å². The molecule has 1 atom stereocenters. The quantitative estimate of drug-likeness (QED) is 0.369. The van der Waals surface area contributed by atoms with E-state index in [0.717, 1.165) is 5.56 Å². The van der Waals surface area contributed by atoms with Gasteiger partial charge in [-0.05, 0) is 37.6 Å². The van der Waals surface area contributed by atoms with Gasteiger partial charge in [-0.2, -0.15) is 0 Å². The van der Waals surface area contributed by atoms with Gasteiger partial charge < -0.3 is 19.1 Å². The predicted molar refractivity (Wildman–Crippen MR) is 117 cm³/mol. The average molecular weight is 434 g/mol. The molecule has 1 aromatic heterocycles. The van der Waals surface area contributed by atoms with Crippen LogP contribution in [0.5, 0.6) is 11.5 Å². The molecule has 8 nitrogen and oxygen atoms in total. The molecule has 8 heteroatoms. The maximum atomic E-state index is 13.1. The van der Waals surface area contributed by atoms with Crippen LogP contribution in [0.15, 0.2) is 58.6 Å². The Kier molecular flexibility index (Phi) is 5.44. The molecule has 0 saturated carbocycles. The Morgan fingerprint density at radius 3 is 2.28 bits per heavy atom. The first kappa shape index (κ1) is 21.2. The zero-order valence-corrected chi connectivity index (χ0v) is 18.1. The van der Waals surface area contributed by atoms with Crippen molar-refractivity contribution in [3.63, 3.8) is 0 Å². The number of benzene rings is 2. The summed E-state index contributed by atoms with van der Waals surface area (Å²) in [5.41, 5.74) is 1.93. The summed E-state index contributed by atoms with van der Waals surface area (Å²) < 4.78 is 15.7. The number of aryl methyl sites for hydroxylation is 2. The summed E-state index contributed by atoms with van der Waals surface area (Å²) >= 11 is 0. The van der Waals surface area contributed by atoms with Gasteiger partial charge in [0.2, 0.25) is 0 Å². The van der Waals surface area contributed by atoms with Crippen molar-refractivity contribution < 1.29 is 28.7 Å². The van der Waals surface area contributed by atoms with Crippen molar-refractivity contribution in [2.45, 2.75) is 19.9 Å². The number of carbonyl (C=O) groups is 2. The number of aliphatic hydroxyl groups is 1. The predicted octanol–water partition coefficient (Wildman–Crippen LogP) is 3.93. The molecule has 1 amide bonds. The second kappa shape index (κ2) is 8.22. The van der Waals surface area contributed by atoms with Crippen LogP contribution >= 0.6 is 0 Å². The fourth-order valence-electron chi connectivity index (χ4n) is 3.74. The topological polar surface area (TPSA) is 102 Å². The molecule has 4 rings (SSSR count). The smallest absolute Gasteiger partial charge is 0.301 e. The van der Waals surface area contributed by atoms with Crippen molar-refractivity contribution in [1.29, 1.82) is 0 Å². The minimum Gasteiger partial charge on any atom is -0.507 e. The molecule has 1 fully saturated rings. The van der Waals surface area contributed by atoms with Gasteiger partial charge in [0.15, 0.2) is 17.3 Å². The maximum Gasteiger partial charge on any atom is 0.301 e. The van der Waals surface area contributed by atoms with Gasteiger partial charge in [0, 0.05) is 11.6 Å². The number of hydrogen-bond acceptors (Lipinski definition) is 7. The highest BCUT2D eigenvalue weighted by Gasteiger charge is 2.48. The van der Waals surface area contributed by atoms with Crippen molar-refractivity contribution in [2.75, 3.05) is 19.1 Å². The summed E-state index contributed by atoms with van der Waals surface area (Å²) in [6.07, 6.45) is 0. The molecule has 0 bridgehead atoms. The van der Waals surface area contributed by atoms with E-state index in [0.29, 0.717) is 28.4 Å². The first-order chi connectivity index (χ1) is 15.3. The molecule has 0 spiro atoms. The van der Waals surface area contributed by atoms with Crippen LogP contribution in [0.2, 0.25) is 0 Å². The molecule has 1 aliphatic heterocycles. The number of aromatic nitrogens is 1. The van der Waals surface area contributed by atoms with E-state index in [9.17, 15) is 14.7 Å². The average Bonchev–Trinajstić information content (AvgIpc) is 3.34. The molecule has 32 heavy (non-hydrogen) atoms. The SMILES string of the molecule is COc1ccc(/C(O)=C2\C(=O)C(=O)N(c3cc(C)on3)[C@H]2c2ccc(C)cc2)cc1OC. The second-order valence-corrected chi connectivity index (χ2v) is 7.45. The molecule has 2 heterocycles. The largest absolute Gasteiger partial charge is 0.507 e. The van der Waals surface area contributed by atoms with Crippen LogP contribution in [0, 0.1) is 13.8 Å². The van der Waals surface area contributed by atoms with E-state index in [1.54, 1.807) is 31.2 Å². The molecule has 2 aromatic carbocycles. The Hall–Kier alpha value is -4.07. The fraction of sp³-hybridized carbons (Fsp3) is 0.208. The van der Waals surface area contributed by atoms with Gasteiger partial charge in [-0.1, -0.05) is 35.0 Å².